The molecule has 1 unspecified atom stereocenters. The number of alkyl halides is 3. The molecule has 1 aromatic carbocycles. The van der Waals surface area contributed by atoms with Crippen molar-refractivity contribution in [2.75, 3.05) is 18.0 Å². The van der Waals surface area contributed by atoms with Crippen LogP contribution in [0, 0.1) is 6.92 Å². The highest BCUT2D eigenvalue weighted by molar-refractivity contribution is 7.15. The van der Waals surface area contributed by atoms with Gasteiger partial charge in [0.25, 0.3) is 0 Å². The van der Waals surface area contributed by atoms with E-state index in [-0.39, 0.29) is 11.0 Å². The molecule has 0 spiro atoms. The Labute approximate surface area is 134 Å². The molecule has 1 fully saturated rings. The number of rotatable bonds is 2. The van der Waals surface area contributed by atoms with Gasteiger partial charge in [0.1, 0.15) is 6.04 Å². The number of carbonyl (C=O) groups is 1. The molecule has 1 aromatic heterocycles. The van der Waals surface area contributed by atoms with Crippen LogP contribution in [0.25, 0.3) is 0 Å². The third-order valence-electron chi connectivity index (χ3n) is 3.60. The standard InChI is InChI=1S/C14H13F3N4OS/c1-8-4-2-3-5-9(8)10-11(22)18-6-7-21(10)13-20-19-12(23-13)14(15,16)17/h2-5,10H,6-7H2,1H3,(H,18,22). The third kappa shape index (κ3) is 3.00. The Morgan fingerprint density at radius 3 is 2.70 bits per heavy atom. The fourth-order valence-corrected chi connectivity index (χ4v) is 3.29. The summed E-state index contributed by atoms with van der Waals surface area (Å²) in [5, 5.41) is 8.68. The second-order valence-corrected chi connectivity index (χ2v) is 6.09. The lowest BCUT2D eigenvalue weighted by molar-refractivity contribution is -0.138. The summed E-state index contributed by atoms with van der Waals surface area (Å²) >= 11 is 0.451. The molecule has 1 amide bonds. The zero-order valence-corrected chi connectivity index (χ0v) is 12.9. The predicted molar refractivity (Wildman–Crippen MR) is 79.2 cm³/mol. The van der Waals surface area contributed by atoms with E-state index >= 15 is 0 Å². The van der Waals surface area contributed by atoms with Crippen LogP contribution >= 0.6 is 11.3 Å². The van der Waals surface area contributed by atoms with Crippen molar-refractivity contribution in [3.63, 3.8) is 0 Å². The molecule has 0 radical (unpaired) electrons. The highest BCUT2D eigenvalue weighted by atomic mass is 32.1. The van der Waals surface area contributed by atoms with Crippen molar-refractivity contribution in [2.24, 2.45) is 0 Å². The molecule has 0 saturated carbocycles. The molecule has 0 bridgehead atoms. The van der Waals surface area contributed by atoms with E-state index in [0.717, 1.165) is 11.1 Å². The number of piperazine rings is 1. The van der Waals surface area contributed by atoms with Crippen molar-refractivity contribution in [1.82, 2.24) is 15.5 Å². The molecule has 3 rings (SSSR count). The van der Waals surface area contributed by atoms with Gasteiger partial charge < -0.3 is 10.2 Å². The highest BCUT2D eigenvalue weighted by Crippen LogP contribution is 2.37. The van der Waals surface area contributed by atoms with Crippen LogP contribution in [-0.2, 0) is 11.0 Å². The van der Waals surface area contributed by atoms with Gasteiger partial charge >= 0.3 is 6.18 Å². The number of aryl methyl sites for hydroxylation is 1. The molecule has 2 aromatic rings. The summed E-state index contributed by atoms with van der Waals surface area (Å²) < 4.78 is 38.2. The number of nitrogens with zero attached hydrogens (tertiary/aromatic N) is 3. The number of halogens is 3. The van der Waals surface area contributed by atoms with E-state index in [1.807, 2.05) is 19.1 Å². The van der Waals surface area contributed by atoms with E-state index in [2.05, 4.69) is 15.5 Å². The van der Waals surface area contributed by atoms with Crippen LogP contribution < -0.4 is 10.2 Å². The molecular weight excluding hydrogens is 329 g/mol. The lowest BCUT2D eigenvalue weighted by atomic mass is 9.98. The smallest absolute Gasteiger partial charge is 0.352 e. The molecule has 1 N–H and O–H groups in total. The maximum Gasteiger partial charge on any atom is 0.445 e. The molecule has 2 heterocycles. The molecule has 122 valence electrons. The first-order valence-corrected chi connectivity index (χ1v) is 7.70. The molecule has 1 atom stereocenters. The first-order chi connectivity index (χ1) is 10.9. The Kier molecular flexibility index (Phi) is 3.97. The van der Waals surface area contributed by atoms with E-state index in [0.29, 0.717) is 24.4 Å². The topological polar surface area (TPSA) is 58.1 Å². The second kappa shape index (κ2) is 5.80. The largest absolute Gasteiger partial charge is 0.445 e. The van der Waals surface area contributed by atoms with Crippen LogP contribution in [0.2, 0.25) is 0 Å². The maximum atomic E-state index is 12.7. The van der Waals surface area contributed by atoms with Gasteiger partial charge in [0, 0.05) is 13.1 Å². The SMILES string of the molecule is Cc1ccccc1C1C(=O)NCCN1c1nnc(C(F)(F)F)s1. The number of hydrogen-bond acceptors (Lipinski definition) is 5. The van der Waals surface area contributed by atoms with E-state index in [4.69, 9.17) is 0 Å². The molecule has 9 heteroatoms. The molecule has 1 aliphatic heterocycles. The van der Waals surface area contributed by atoms with Crippen LogP contribution in [0.1, 0.15) is 22.2 Å². The number of carbonyl (C=O) groups excluding carboxylic acids is 1. The molecule has 0 aliphatic carbocycles. The number of anilines is 1. The monoisotopic (exact) mass is 342 g/mol. The normalized spacial score (nSPS) is 18.9. The van der Waals surface area contributed by atoms with Crippen LogP contribution in [0.5, 0.6) is 0 Å². The minimum atomic E-state index is -4.54. The zero-order valence-electron chi connectivity index (χ0n) is 12.1. The van der Waals surface area contributed by atoms with Crippen LogP contribution in [0.4, 0.5) is 18.3 Å². The first kappa shape index (κ1) is 15.7. The van der Waals surface area contributed by atoms with Gasteiger partial charge in [0.2, 0.25) is 16.0 Å². The van der Waals surface area contributed by atoms with Crippen LogP contribution in [0.15, 0.2) is 24.3 Å². The Morgan fingerprint density at radius 1 is 1.30 bits per heavy atom. The minimum Gasteiger partial charge on any atom is -0.352 e. The fourth-order valence-electron chi connectivity index (χ4n) is 2.52. The summed E-state index contributed by atoms with van der Waals surface area (Å²) in [4.78, 5) is 13.9. The van der Waals surface area contributed by atoms with Gasteiger partial charge in [0.15, 0.2) is 0 Å². The first-order valence-electron chi connectivity index (χ1n) is 6.88. The summed E-state index contributed by atoms with van der Waals surface area (Å²) in [6.07, 6.45) is -4.54. The second-order valence-electron chi connectivity index (χ2n) is 5.13. The minimum absolute atomic E-state index is 0.0976. The molecule has 5 nitrogen and oxygen atoms in total. The van der Waals surface area contributed by atoms with Crippen molar-refractivity contribution >= 4 is 22.4 Å². The highest BCUT2D eigenvalue weighted by Gasteiger charge is 2.39. The van der Waals surface area contributed by atoms with Crippen LogP contribution in [-0.4, -0.2) is 29.2 Å². The quantitative estimate of drug-likeness (QED) is 0.911. The summed E-state index contributed by atoms with van der Waals surface area (Å²) in [7, 11) is 0. The van der Waals surface area contributed by atoms with Gasteiger partial charge in [-0.3, -0.25) is 4.79 Å². The number of benzene rings is 1. The number of aromatic nitrogens is 2. The fraction of sp³-hybridized carbons (Fsp3) is 0.357. The maximum absolute atomic E-state index is 12.7. The van der Waals surface area contributed by atoms with Gasteiger partial charge in [-0.25, -0.2) is 0 Å². The summed E-state index contributed by atoms with van der Waals surface area (Å²) in [5.74, 6) is -0.255. The Hall–Kier alpha value is -2.16. The average Bonchev–Trinajstić information content (AvgIpc) is 2.98. The summed E-state index contributed by atoms with van der Waals surface area (Å²) in [6, 6.07) is 6.58. The average molecular weight is 342 g/mol. The molecule has 23 heavy (non-hydrogen) atoms. The number of nitrogens with one attached hydrogen (secondary N) is 1. The number of amides is 1. The summed E-state index contributed by atoms with van der Waals surface area (Å²) in [6.45, 7) is 2.58. The lowest BCUT2D eigenvalue weighted by Gasteiger charge is -2.35. The van der Waals surface area contributed by atoms with Crippen molar-refractivity contribution < 1.29 is 18.0 Å². The molecular formula is C14H13F3N4OS. The molecule has 1 aliphatic rings. The van der Waals surface area contributed by atoms with E-state index in [9.17, 15) is 18.0 Å². The lowest BCUT2D eigenvalue weighted by Crippen LogP contribution is -2.50. The van der Waals surface area contributed by atoms with Gasteiger partial charge in [-0.1, -0.05) is 35.6 Å². The Bertz CT molecular complexity index is 731. The Morgan fingerprint density at radius 2 is 2.04 bits per heavy atom. The van der Waals surface area contributed by atoms with Crippen molar-refractivity contribution in [3.05, 3.63) is 40.4 Å². The Balaban J connectivity index is 2.00. The van der Waals surface area contributed by atoms with Crippen LogP contribution in [0.3, 0.4) is 0 Å². The van der Waals surface area contributed by atoms with Gasteiger partial charge in [-0.15, -0.1) is 10.2 Å². The van der Waals surface area contributed by atoms with Crippen molar-refractivity contribution in [1.29, 1.82) is 0 Å². The van der Waals surface area contributed by atoms with E-state index in [1.54, 1.807) is 17.0 Å². The van der Waals surface area contributed by atoms with E-state index in [1.165, 1.54) is 0 Å². The predicted octanol–water partition coefficient (Wildman–Crippen LogP) is 2.54. The summed E-state index contributed by atoms with van der Waals surface area (Å²) in [5.41, 5.74) is 1.63. The van der Waals surface area contributed by atoms with Gasteiger partial charge in [-0.05, 0) is 18.1 Å². The number of hydrogen-bond donors (Lipinski definition) is 1. The zero-order chi connectivity index (χ0) is 16.6. The van der Waals surface area contributed by atoms with Crippen molar-refractivity contribution in [3.8, 4) is 0 Å². The molecule has 1 saturated heterocycles. The van der Waals surface area contributed by atoms with Gasteiger partial charge in [0.05, 0.1) is 0 Å². The van der Waals surface area contributed by atoms with Gasteiger partial charge in [-0.2, -0.15) is 13.2 Å². The van der Waals surface area contributed by atoms with Crippen molar-refractivity contribution in [2.45, 2.75) is 19.1 Å². The van der Waals surface area contributed by atoms with E-state index < -0.39 is 17.2 Å². The third-order valence-corrected chi connectivity index (χ3v) is 4.60.